The van der Waals surface area contributed by atoms with E-state index in [1.54, 1.807) is 56.5 Å². The molecule has 2 unspecified atom stereocenters. The van der Waals surface area contributed by atoms with Gasteiger partial charge in [0.25, 0.3) is 11.8 Å². The number of carbonyl (C=O) groups excluding carboxylic acids is 6. The summed E-state index contributed by atoms with van der Waals surface area (Å²) in [6.45, 7) is 2.55. The number of thioether (sulfide) groups is 2. The van der Waals surface area contributed by atoms with Crippen LogP contribution >= 0.6 is 23.5 Å². The van der Waals surface area contributed by atoms with Gasteiger partial charge in [0.1, 0.15) is 30.0 Å². The molecule has 2 aromatic carbocycles. The molecule has 0 spiro atoms. The Kier molecular flexibility index (Phi) is 19.9. The Morgan fingerprint density at radius 2 is 1.09 bits per heavy atom. The van der Waals surface area contributed by atoms with E-state index in [2.05, 4.69) is 9.97 Å². The number of β-lactam (4-membered cyclic amide) rings is 2. The van der Waals surface area contributed by atoms with E-state index in [0.29, 0.717) is 33.7 Å². The van der Waals surface area contributed by atoms with Crippen LogP contribution in [-0.2, 0) is 46.6 Å². The zero-order valence-corrected chi connectivity index (χ0v) is 41.1. The third-order valence-corrected chi connectivity index (χ3v) is 14.2. The first-order chi connectivity index (χ1) is 33.1. The van der Waals surface area contributed by atoms with E-state index in [0.717, 1.165) is 11.1 Å². The number of pyridine rings is 2. The number of carbonyl (C=O) groups is 6. The number of hydrogen-bond donors (Lipinski definition) is 4. The molecule has 0 radical (unpaired) electrons. The summed E-state index contributed by atoms with van der Waals surface area (Å²) in [4.78, 5) is 113. The van der Waals surface area contributed by atoms with Crippen LogP contribution in [-0.4, -0.2) is 111 Å². The molecule has 70 heavy (non-hydrogen) atoms. The molecule has 6 heterocycles. The molecule has 4 aliphatic rings. The standard InChI is InChI=1S/C29H27N3O6S.C16H17N3O6S.Na.2O2/c1-29(17-37-28(30)36)24(27(35)38-23(19-8-4-2-5-9-19)20-10-6-3-7-11-20)32-25(34)22(26(32)39-29)15-21-14-18(16-33)12-13-31-21;1-16(7-25-15(17)24)11(14(22)23)19-12(21)10(13(19)26-16)5-9-4-8(6-20)2-3-18-9;;2*1-2/h2-15,23-24,26,33H,16-17H2,1H3,(H2,30,36);2-5,11,13,20H,6-7H2,1H3,(H2,17,24)(H,22,23);;;/q;;+1;;/p-1/b22-15-;10-5-;;;/t24-,26?,29-;11-,13?,16-;;;/m00.../s1. The van der Waals surface area contributed by atoms with Gasteiger partial charge in [-0.25, -0.2) is 14.4 Å². The monoisotopic (exact) mass is 1010 g/mol. The predicted octanol–water partition coefficient (Wildman–Crippen LogP) is -0.589. The molecule has 362 valence electrons. The number of carboxylic acid groups (broad SMARTS) is 1. The topological polar surface area (TPSA) is 346 Å². The van der Waals surface area contributed by atoms with Crippen LogP contribution in [0.2, 0.25) is 0 Å². The molecule has 4 fully saturated rings. The second kappa shape index (κ2) is 24.8. The Bertz CT molecular complexity index is 2580. The molecule has 0 aliphatic carbocycles. The Morgan fingerprint density at radius 3 is 1.46 bits per heavy atom. The molecular formula is C45H43N6NaO16S2. The quantitative estimate of drug-likeness (QED) is 0.0427. The summed E-state index contributed by atoms with van der Waals surface area (Å²) in [7, 11) is 0. The van der Waals surface area contributed by atoms with Crippen molar-refractivity contribution in [3.8, 4) is 0 Å². The van der Waals surface area contributed by atoms with Gasteiger partial charge in [-0.15, -0.1) is 23.5 Å². The third kappa shape index (κ3) is 12.2. The number of amides is 4. The van der Waals surface area contributed by atoms with Crippen molar-refractivity contribution in [1.82, 2.24) is 19.8 Å². The maximum absolute atomic E-state index is 13.9. The summed E-state index contributed by atoms with van der Waals surface area (Å²) in [6.07, 6.45) is 3.57. The summed E-state index contributed by atoms with van der Waals surface area (Å²) in [5, 5.41) is 29.2. The van der Waals surface area contributed by atoms with Crippen molar-refractivity contribution in [3.63, 3.8) is 0 Å². The summed E-state index contributed by atoms with van der Waals surface area (Å²) in [6, 6.07) is 23.0. The predicted molar refractivity (Wildman–Crippen MR) is 247 cm³/mol. The number of carboxylic acids is 1. The minimum absolute atomic E-state index is 0. The van der Waals surface area contributed by atoms with Crippen LogP contribution in [0.1, 0.15) is 53.6 Å². The van der Waals surface area contributed by atoms with Crippen LogP contribution in [0.3, 0.4) is 0 Å². The number of rotatable bonds is 13. The second-order valence-corrected chi connectivity index (χ2v) is 18.9. The first-order valence-electron chi connectivity index (χ1n) is 20.3. The molecule has 4 aromatic rings. The number of aliphatic hydroxyl groups is 2. The van der Waals surface area contributed by atoms with Crippen molar-refractivity contribution in [2.24, 2.45) is 11.5 Å². The Balaban J connectivity index is 0.000000300. The minimum Gasteiger partial charge on any atom is -0.548 e. The SMILES string of the molecule is C[C@@]1(COC(N)=O)SC2/C(=C\c3cc(CO)ccn3)C(=O)N2[C@H]1C(=O)OC(c1ccccc1)c1ccccc1.C[C@@]1(COC(N)=O)SC2/C(=C\c3cc(CO)ccn3)C(=O)N2[C@H]1C(=O)[O-].O=O.O=O.[Na+]. The molecule has 25 heteroatoms. The zero-order valence-electron chi connectivity index (χ0n) is 37.5. The van der Waals surface area contributed by atoms with Gasteiger partial charge in [-0.1, -0.05) is 60.7 Å². The fraction of sp³-hybridized carbons (Fsp3) is 0.289. The van der Waals surface area contributed by atoms with E-state index >= 15 is 0 Å². The van der Waals surface area contributed by atoms with Gasteiger partial charge in [0.2, 0.25) is 0 Å². The van der Waals surface area contributed by atoms with Crippen molar-refractivity contribution in [3.05, 3.63) is 162 Å². The number of primary amides is 2. The number of fused-ring (bicyclic) bond motifs is 2. The first kappa shape index (κ1) is 56.1. The van der Waals surface area contributed by atoms with E-state index in [9.17, 15) is 44.1 Å². The van der Waals surface area contributed by atoms with Crippen LogP contribution in [0, 0.1) is 19.9 Å². The Hall–Kier alpha value is -6.54. The second-order valence-electron chi connectivity index (χ2n) is 15.7. The van der Waals surface area contributed by atoms with Gasteiger partial charge in [-0.05, 0) is 72.5 Å². The molecule has 0 bridgehead atoms. The van der Waals surface area contributed by atoms with E-state index in [-0.39, 0.29) is 61.9 Å². The number of hydrogen-bond acceptors (Lipinski definition) is 20. The average Bonchev–Trinajstić information content (AvgIpc) is 3.81. The molecule has 4 aliphatic heterocycles. The third-order valence-electron chi connectivity index (χ3n) is 11.0. The number of aromatic nitrogens is 2. The zero-order chi connectivity index (χ0) is 50.6. The van der Waals surface area contributed by atoms with Gasteiger partial charge in [-0.3, -0.25) is 19.6 Å². The maximum Gasteiger partial charge on any atom is 1.00 e. The summed E-state index contributed by atoms with van der Waals surface area (Å²) >= 11 is 2.52. The molecule has 8 rings (SSSR count). The van der Waals surface area contributed by atoms with Crippen molar-refractivity contribution in [1.29, 1.82) is 0 Å². The number of ether oxygens (including phenoxy) is 3. The van der Waals surface area contributed by atoms with Crippen molar-refractivity contribution in [2.75, 3.05) is 13.2 Å². The van der Waals surface area contributed by atoms with Crippen LogP contribution in [0.5, 0.6) is 0 Å². The molecule has 6 atom stereocenters. The van der Waals surface area contributed by atoms with Gasteiger partial charge in [0.15, 0.2) is 6.10 Å². The van der Waals surface area contributed by atoms with Gasteiger partial charge in [-0.2, -0.15) is 0 Å². The maximum atomic E-state index is 13.9. The van der Waals surface area contributed by atoms with Gasteiger partial charge in [0, 0.05) is 32.3 Å². The molecule has 2 aromatic heterocycles. The van der Waals surface area contributed by atoms with Crippen LogP contribution in [0.15, 0.2) is 108 Å². The number of aliphatic hydroxyl groups excluding tert-OH is 2. The summed E-state index contributed by atoms with van der Waals surface area (Å²) in [5.74, 6) is -2.84. The molecule has 22 nitrogen and oxygen atoms in total. The molecule has 4 saturated heterocycles. The van der Waals surface area contributed by atoms with Crippen molar-refractivity contribution in [2.45, 2.75) is 65.5 Å². The van der Waals surface area contributed by atoms with Gasteiger partial charge in [0.05, 0.1) is 57.3 Å². The van der Waals surface area contributed by atoms with Crippen LogP contribution in [0.25, 0.3) is 12.2 Å². The molecule has 4 amide bonds. The van der Waals surface area contributed by atoms with Crippen LogP contribution < -0.4 is 46.1 Å². The number of aliphatic carboxylic acids is 1. The van der Waals surface area contributed by atoms with E-state index in [1.807, 2.05) is 60.7 Å². The first-order valence-corrected chi connectivity index (χ1v) is 22.1. The molecule has 6 N–H and O–H groups in total. The molecular weight excluding hydrogens is 968 g/mol. The smallest absolute Gasteiger partial charge is 0.548 e. The number of nitrogens with two attached hydrogens (primary N) is 2. The van der Waals surface area contributed by atoms with Crippen LogP contribution in [0.4, 0.5) is 9.59 Å². The normalized spacial score (nSPS) is 23.5. The number of nitrogens with zero attached hydrogens (tertiary/aromatic N) is 4. The van der Waals surface area contributed by atoms with Crippen molar-refractivity contribution < 1.29 is 87.9 Å². The van der Waals surface area contributed by atoms with Crippen molar-refractivity contribution >= 4 is 71.6 Å². The van der Waals surface area contributed by atoms with E-state index in [4.69, 9.17) is 45.5 Å². The number of benzene rings is 2. The van der Waals surface area contributed by atoms with Gasteiger partial charge < -0.3 is 55.6 Å². The van der Waals surface area contributed by atoms with E-state index < -0.39 is 68.5 Å². The fourth-order valence-electron chi connectivity index (χ4n) is 7.94. The van der Waals surface area contributed by atoms with Gasteiger partial charge >= 0.3 is 47.7 Å². The largest absolute Gasteiger partial charge is 1.00 e. The Labute approximate surface area is 428 Å². The summed E-state index contributed by atoms with van der Waals surface area (Å²) in [5.41, 5.74) is 14.9. The number of esters is 1. The fourth-order valence-corrected chi connectivity index (χ4v) is 11.1. The molecule has 0 saturated carbocycles. The average molecular weight is 1010 g/mol. The van der Waals surface area contributed by atoms with E-state index in [1.165, 1.54) is 39.5 Å². The minimum atomic E-state index is -1.43. The Morgan fingerprint density at radius 1 is 0.700 bits per heavy atom. The summed E-state index contributed by atoms with van der Waals surface area (Å²) < 4.78 is 13.9.